The van der Waals surface area contributed by atoms with Gasteiger partial charge in [0.1, 0.15) is 0 Å². The van der Waals surface area contributed by atoms with Gasteiger partial charge in [-0.15, -0.1) is 0 Å². The lowest BCUT2D eigenvalue weighted by atomic mass is 10.0. The second kappa shape index (κ2) is 11.1. The Kier molecular flexibility index (Phi) is 9.57. The Morgan fingerprint density at radius 3 is 2.44 bits per heavy atom. The van der Waals surface area contributed by atoms with E-state index in [1.54, 1.807) is 0 Å². The zero-order chi connectivity index (χ0) is 18.7. The molecule has 6 heteroatoms. The number of hydrogen-bond acceptors (Lipinski definition) is 3. The molecule has 0 bridgehead atoms. The number of rotatable bonds is 11. The summed E-state index contributed by atoms with van der Waals surface area (Å²) in [6.07, 6.45) is 3.91. The molecule has 0 spiro atoms. The van der Waals surface area contributed by atoms with Crippen LogP contribution in [0, 0.1) is 5.92 Å². The lowest BCUT2D eigenvalue weighted by molar-refractivity contribution is 0.493. The molecule has 1 unspecified atom stereocenters. The molecule has 5 nitrogen and oxygen atoms in total. The van der Waals surface area contributed by atoms with E-state index >= 15 is 0 Å². The Morgan fingerprint density at radius 2 is 1.80 bits per heavy atom. The van der Waals surface area contributed by atoms with Gasteiger partial charge in [0.2, 0.25) is 0 Å². The van der Waals surface area contributed by atoms with Crippen molar-refractivity contribution < 1.29 is 8.42 Å². The summed E-state index contributed by atoms with van der Waals surface area (Å²) in [5.74, 6) is 1.33. The minimum atomic E-state index is -3.11. The van der Waals surface area contributed by atoms with Gasteiger partial charge in [-0.25, -0.2) is 8.42 Å². The molecule has 0 saturated heterocycles. The van der Waals surface area contributed by atoms with E-state index in [1.807, 2.05) is 30.3 Å². The van der Waals surface area contributed by atoms with Crippen LogP contribution in [-0.4, -0.2) is 32.7 Å². The average Bonchev–Trinajstić information content (AvgIpc) is 2.51. The molecule has 0 saturated carbocycles. The molecule has 1 rings (SSSR count). The Balaban J connectivity index is 2.27. The second-order valence-corrected chi connectivity index (χ2v) is 9.25. The van der Waals surface area contributed by atoms with Crippen LogP contribution in [0.15, 0.2) is 35.3 Å². The van der Waals surface area contributed by atoms with E-state index in [9.17, 15) is 8.42 Å². The highest BCUT2D eigenvalue weighted by Gasteiger charge is 2.11. The first-order valence-electron chi connectivity index (χ1n) is 9.09. The van der Waals surface area contributed by atoms with E-state index in [4.69, 9.17) is 5.73 Å². The first kappa shape index (κ1) is 21.5. The third-order valence-corrected chi connectivity index (χ3v) is 5.62. The van der Waals surface area contributed by atoms with E-state index in [1.165, 1.54) is 6.42 Å². The lowest BCUT2D eigenvalue weighted by Gasteiger charge is -2.15. The monoisotopic (exact) mass is 367 g/mol. The Bertz CT molecular complexity index is 613. The third kappa shape index (κ3) is 10.8. The van der Waals surface area contributed by atoms with Crippen LogP contribution in [0.25, 0.3) is 0 Å². The fourth-order valence-corrected chi connectivity index (χ4v) is 4.00. The molecule has 0 aliphatic heterocycles. The maximum atomic E-state index is 12.1. The molecule has 3 N–H and O–H groups in total. The number of hydrogen-bond donors (Lipinski definition) is 2. The van der Waals surface area contributed by atoms with Gasteiger partial charge < -0.3 is 11.1 Å². The summed E-state index contributed by atoms with van der Waals surface area (Å²) in [6, 6.07) is 9.53. The lowest BCUT2D eigenvalue weighted by Crippen LogP contribution is -2.38. The summed E-state index contributed by atoms with van der Waals surface area (Å²) >= 11 is 0. The number of nitrogens with zero attached hydrogens (tertiary/aromatic N) is 1. The Labute approximate surface area is 153 Å². The smallest absolute Gasteiger partial charge is 0.188 e. The van der Waals surface area contributed by atoms with Crippen molar-refractivity contribution in [1.82, 2.24) is 5.32 Å². The van der Waals surface area contributed by atoms with Crippen molar-refractivity contribution in [2.75, 3.05) is 12.3 Å². The van der Waals surface area contributed by atoms with E-state index in [2.05, 4.69) is 31.1 Å². The first-order chi connectivity index (χ1) is 11.8. The minimum Gasteiger partial charge on any atom is -0.370 e. The highest BCUT2D eigenvalue weighted by atomic mass is 32.2. The van der Waals surface area contributed by atoms with Crippen molar-refractivity contribution in [1.29, 1.82) is 0 Å². The van der Waals surface area contributed by atoms with Crippen molar-refractivity contribution in [3.8, 4) is 0 Å². The Hall–Kier alpha value is -1.56. The van der Waals surface area contributed by atoms with Crippen LogP contribution in [-0.2, 0) is 15.6 Å². The summed E-state index contributed by atoms with van der Waals surface area (Å²) in [4.78, 5) is 4.24. The largest absolute Gasteiger partial charge is 0.370 e. The van der Waals surface area contributed by atoms with Gasteiger partial charge >= 0.3 is 0 Å². The van der Waals surface area contributed by atoms with Crippen LogP contribution in [0.5, 0.6) is 0 Å². The average molecular weight is 368 g/mol. The molecule has 1 aromatic rings. The zero-order valence-corrected chi connectivity index (χ0v) is 16.6. The number of guanidine groups is 1. The summed E-state index contributed by atoms with van der Waals surface area (Å²) in [7, 11) is -3.11. The van der Waals surface area contributed by atoms with Crippen molar-refractivity contribution in [2.24, 2.45) is 16.6 Å². The molecule has 0 aromatic heterocycles. The number of nitrogens with two attached hydrogens (primary N) is 1. The first-order valence-corrected chi connectivity index (χ1v) is 10.9. The Morgan fingerprint density at radius 1 is 1.12 bits per heavy atom. The number of sulfone groups is 1. The number of benzene rings is 1. The molecular weight excluding hydrogens is 334 g/mol. The summed E-state index contributed by atoms with van der Waals surface area (Å²) in [5.41, 5.74) is 6.69. The summed E-state index contributed by atoms with van der Waals surface area (Å²) < 4.78 is 24.2. The standard InChI is InChI=1S/C19H33N3O2S/c1-16(2)9-7-10-17(3)22-19(20)21-13-8-14-25(23,24)15-18-11-5-4-6-12-18/h4-6,11-12,16-17H,7-10,13-15H2,1-3H3,(H3,20,21,22). The highest BCUT2D eigenvalue weighted by molar-refractivity contribution is 7.90. The van der Waals surface area contributed by atoms with Crippen molar-refractivity contribution in [2.45, 2.75) is 58.2 Å². The van der Waals surface area contributed by atoms with Gasteiger partial charge in [0.15, 0.2) is 15.8 Å². The van der Waals surface area contributed by atoms with Crippen LogP contribution in [0.3, 0.4) is 0 Å². The molecule has 0 aliphatic rings. The molecule has 0 amide bonds. The van der Waals surface area contributed by atoms with Gasteiger partial charge in [-0.05, 0) is 31.2 Å². The van der Waals surface area contributed by atoms with Gasteiger partial charge in [0.05, 0.1) is 11.5 Å². The molecule has 0 heterocycles. The quantitative estimate of drug-likeness (QED) is 0.357. The van der Waals surface area contributed by atoms with Crippen molar-refractivity contribution in [3.63, 3.8) is 0 Å². The van der Waals surface area contributed by atoms with Gasteiger partial charge in [0.25, 0.3) is 0 Å². The maximum absolute atomic E-state index is 12.1. The fraction of sp³-hybridized carbons (Fsp3) is 0.632. The molecule has 1 atom stereocenters. The maximum Gasteiger partial charge on any atom is 0.188 e. The third-order valence-electron chi connectivity index (χ3n) is 3.94. The highest BCUT2D eigenvalue weighted by Crippen LogP contribution is 2.08. The zero-order valence-electron chi connectivity index (χ0n) is 15.7. The molecule has 142 valence electrons. The SMILES string of the molecule is CC(C)CCCC(C)NC(N)=NCCCS(=O)(=O)Cc1ccccc1. The fourth-order valence-electron chi connectivity index (χ4n) is 2.59. The molecular formula is C19H33N3O2S. The number of aliphatic imine (C=N–C) groups is 1. The minimum absolute atomic E-state index is 0.0815. The summed E-state index contributed by atoms with van der Waals surface area (Å²) in [6.45, 7) is 6.96. The van der Waals surface area contributed by atoms with Crippen LogP contribution >= 0.6 is 0 Å². The summed E-state index contributed by atoms with van der Waals surface area (Å²) in [5, 5.41) is 3.17. The topological polar surface area (TPSA) is 84.5 Å². The van der Waals surface area contributed by atoms with E-state index in [-0.39, 0.29) is 17.5 Å². The van der Waals surface area contributed by atoms with Gasteiger partial charge in [-0.3, -0.25) is 4.99 Å². The predicted octanol–water partition coefficient (Wildman–Crippen LogP) is 3.11. The van der Waals surface area contributed by atoms with Crippen molar-refractivity contribution >= 4 is 15.8 Å². The molecule has 0 aliphatic carbocycles. The van der Waals surface area contributed by atoms with Crippen molar-refractivity contribution in [3.05, 3.63) is 35.9 Å². The molecule has 0 fully saturated rings. The van der Waals surface area contributed by atoms with Gasteiger partial charge in [-0.1, -0.05) is 57.0 Å². The van der Waals surface area contributed by atoms with Crippen LogP contribution in [0.4, 0.5) is 0 Å². The molecule has 25 heavy (non-hydrogen) atoms. The molecule has 1 aromatic carbocycles. The van der Waals surface area contributed by atoms with E-state index < -0.39 is 9.84 Å². The number of nitrogens with one attached hydrogen (secondary N) is 1. The van der Waals surface area contributed by atoms with Gasteiger partial charge in [-0.2, -0.15) is 0 Å². The van der Waals surface area contributed by atoms with Crippen LogP contribution in [0.2, 0.25) is 0 Å². The second-order valence-electron chi connectivity index (χ2n) is 7.07. The van der Waals surface area contributed by atoms with E-state index in [0.717, 1.165) is 24.3 Å². The van der Waals surface area contributed by atoms with Crippen LogP contribution in [0.1, 0.15) is 52.0 Å². The van der Waals surface area contributed by atoms with Crippen LogP contribution < -0.4 is 11.1 Å². The van der Waals surface area contributed by atoms with Gasteiger partial charge in [0, 0.05) is 12.6 Å². The predicted molar refractivity (Wildman–Crippen MR) is 106 cm³/mol. The normalized spacial score (nSPS) is 13.8. The van der Waals surface area contributed by atoms with E-state index in [0.29, 0.717) is 18.9 Å². The molecule has 0 radical (unpaired) electrons.